The number of ether oxygens (including phenoxy) is 1. The Morgan fingerprint density at radius 2 is 1.97 bits per heavy atom. The van der Waals surface area contributed by atoms with Crippen LogP contribution >= 0.6 is 0 Å². The topological polar surface area (TPSA) is 111 Å². The van der Waals surface area contributed by atoms with Crippen molar-refractivity contribution in [2.45, 2.75) is 64.6 Å². The van der Waals surface area contributed by atoms with Gasteiger partial charge < -0.3 is 10.1 Å². The van der Waals surface area contributed by atoms with Crippen molar-refractivity contribution in [3.8, 4) is 11.9 Å². The zero-order valence-corrected chi connectivity index (χ0v) is 18.9. The van der Waals surface area contributed by atoms with Crippen molar-refractivity contribution in [1.82, 2.24) is 24.5 Å². The van der Waals surface area contributed by atoms with E-state index in [4.69, 9.17) is 9.72 Å². The highest BCUT2D eigenvalue weighted by Gasteiger charge is 2.26. The first-order valence-corrected chi connectivity index (χ1v) is 11.4. The summed E-state index contributed by atoms with van der Waals surface area (Å²) >= 11 is 0. The lowest BCUT2D eigenvalue weighted by Crippen LogP contribution is -2.34. The maximum Gasteiger partial charge on any atom is 0.267 e. The Morgan fingerprint density at radius 1 is 1.15 bits per heavy atom. The first-order chi connectivity index (χ1) is 16.0. The highest BCUT2D eigenvalue weighted by atomic mass is 16.5. The van der Waals surface area contributed by atoms with Crippen molar-refractivity contribution in [2.24, 2.45) is 0 Å². The van der Waals surface area contributed by atoms with Gasteiger partial charge in [0.25, 0.3) is 5.56 Å². The molecule has 2 aliphatic rings. The molecule has 1 fully saturated rings. The number of rotatable bonds is 4. The Morgan fingerprint density at radius 3 is 2.70 bits per heavy atom. The SMILES string of the molecule is Cc1cc(C)n(-c2ccc(=O)n(C3CCC(Nc4nc5c(cc4C#N)COCC5)CC3)n2)n1. The second-order valence-corrected chi connectivity index (χ2v) is 8.87. The maximum atomic E-state index is 12.6. The zero-order chi connectivity index (χ0) is 22.9. The van der Waals surface area contributed by atoms with Crippen LogP contribution in [0.3, 0.4) is 0 Å². The second kappa shape index (κ2) is 8.79. The molecule has 170 valence electrons. The van der Waals surface area contributed by atoms with Crippen molar-refractivity contribution < 1.29 is 4.74 Å². The molecule has 0 spiro atoms. The number of hydrogen-bond donors (Lipinski definition) is 1. The average Bonchev–Trinajstić information content (AvgIpc) is 3.17. The summed E-state index contributed by atoms with van der Waals surface area (Å²) < 4.78 is 8.87. The van der Waals surface area contributed by atoms with Crippen molar-refractivity contribution in [1.29, 1.82) is 5.26 Å². The molecule has 0 atom stereocenters. The van der Waals surface area contributed by atoms with Crippen molar-refractivity contribution in [3.05, 3.63) is 62.8 Å². The van der Waals surface area contributed by atoms with Crippen LogP contribution in [0.2, 0.25) is 0 Å². The molecule has 0 saturated heterocycles. The summed E-state index contributed by atoms with van der Waals surface area (Å²) in [5.74, 6) is 1.31. The molecule has 3 aromatic heterocycles. The number of anilines is 1. The number of aryl methyl sites for hydroxylation is 2. The lowest BCUT2D eigenvalue weighted by Gasteiger charge is -2.30. The van der Waals surface area contributed by atoms with Gasteiger partial charge in [0.15, 0.2) is 5.82 Å². The molecule has 1 aliphatic heterocycles. The highest BCUT2D eigenvalue weighted by molar-refractivity contribution is 5.55. The van der Waals surface area contributed by atoms with Gasteiger partial charge in [-0.3, -0.25) is 4.79 Å². The molecule has 0 amide bonds. The largest absolute Gasteiger partial charge is 0.376 e. The van der Waals surface area contributed by atoms with Gasteiger partial charge in [0.2, 0.25) is 0 Å². The Hall–Kier alpha value is -3.51. The summed E-state index contributed by atoms with van der Waals surface area (Å²) in [5, 5.41) is 22.2. The van der Waals surface area contributed by atoms with E-state index < -0.39 is 0 Å². The molecule has 9 heteroatoms. The molecule has 0 bridgehead atoms. The van der Waals surface area contributed by atoms with E-state index in [9.17, 15) is 10.1 Å². The normalized spacial score (nSPS) is 20.2. The van der Waals surface area contributed by atoms with E-state index in [-0.39, 0.29) is 17.6 Å². The summed E-state index contributed by atoms with van der Waals surface area (Å²) in [7, 11) is 0. The van der Waals surface area contributed by atoms with Crippen molar-refractivity contribution in [2.75, 3.05) is 11.9 Å². The molecule has 33 heavy (non-hydrogen) atoms. The standard InChI is InChI=1S/C24H27N7O2/c1-15-11-16(2)30(28-15)22-7-8-23(32)31(29-22)20-5-3-19(4-6-20)26-24-17(13-25)12-18-14-33-10-9-21(18)27-24/h7-8,11-12,19-20H,3-6,9-10,14H2,1-2H3,(H,26,27). The van der Waals surface area contributed by atoms with E-state index >= 15 is 0 Å². The lowest BCUT2D eigenvalue weighted by molar-refractivity contribution is 0.109. The predicted molar refractivity (Wildman–Crippen MR) is 122 cm³/mol. The fourth-order valence-electron chi connectivity index (χ4n) is 4.79. The maximum absolute atomic E-state index is 12.6. The number of aromatic nitrogens is 5. The van der Waals surface area contributed by atoms with E-state index in [0.29, 0.717) is 30.4 Å². The third-order valence-corrected chi connectivity index (χ3v) is 6.47. The van der Waals surface area contributed by atoms with E-state index in [1.165, 1.54) is 0 Å². The monoisotopic (exact) mass is 445 g/mol. The van der Waals surface area contributed by atoms with Gasteiger partial charge in [0.05, 0.1) is 36.2 Å². The number of pyridine rings is 1. The van der Waals surface area contributed by atoms with E-state index in [0.717, 1.165) is 54.7 Å². The van der Waals surface area contributed by atoms with Crippen LogP contribution in [-0.4, -0.2) is 37.2 Å². The molecule has 0 radical (unpaired) electrons. The smallest absolute Gasteiger partial charge is 0.267 e. The van der Waals surface area contributed by atoms with Gasteiger partial charge >= 0.3 is 0 Å². The molecule has 1 N–H and O–H groups in total. The van der Waals surface area contributed by atoms with Crippen LogP contribution in [-0.2, 0) is 17.8 Å². The Balaban J connectivity index is 1.30. The van der Waals surface area contributed by atoms with Crippen molar-refractivity contribution in [3.63, 3.8) is 0 Å². The predicted octanol–water partition coefficient (Wildman–Crippen LogP) is 2.98. The summed E-state index contributed by atoms with van der Waals surface area (Å²) in [5.41, 5.74) is 4.36. The molecule has 0 aromatic carbocycles. The Bertz CT molecular complexity index is 1280. The van der Waals surface area contributed by atoms with Crippen LogP contribution in [0.15, 0.2) is 29.1 Å². The lowest BCUT2D eigenvalue weighted by atomic mass is 9.91. The third kappa shape index (κ3) is 4.26. The molecule has 5 rings (SSSR count). The minimum atomic E-state index is -0.0953. The molecule has 0 unspecified atom stereocenters. The van der Waals surface area contributed by atoms with Gasteiger partial charge in [-0.05, 0) is 57.7 Å². The van der Waals surface area contributed by atoms with E-state index in [1.807, 2.05) is 26.0 Å². The second-order valence-electron chi connectivity index (χ2n) is 8.87. The van der Waals surface area contributed by atoms with Gasteiger partial charge in [-0.15, -0.1) is 5.10 Å². The fraction of sp³-hybridized carbons (Fsp3) is 0.458. The molecule has 1 aliphatic carbocycles. The van der Waals surface area contributed by atoms with Crippen LogP contribution < -0.4 is 10.9 Å². The fourth-order valence-corrected chi connectivity index (χ4v) is 4.79. The first kappa shape index (κ1) is 21.3. The van der Waals surface area contributed by atoms with E-state index in [2.05, 4.69) is 21.6 Å². The third-order valence-electron chi connectivity index (χ3n) is 6.47. The van der Waals surface area contributed by atoms with E-state index in [1.54, 1.807) is 21.5 Å². The van der Waals surface area contributed by atoms with Gasteiger partial charge in [-0.1, -0.05) is 0 Å². The summed E-state index contributed by atoms with van der Waals surface area (Å²) in [6.45, 7) is 5.09. The highest BCUT2D eigenvalue weighted by Crippen LogP contribution is 2.30. The number of nitrogens with zero attached hydrogens (tertiary/aromatic N) is 6. The number of fused-ring (bicyclic) bond motifs is 1. The Kier molecular flexibility index (Phi) is 5.68. The quantitative estimate of drug-likeness (QED) is 0.657. The van der Waals surface area contributed by atoms with Gasteiger partial charge in [0.1, 0.15) is 11.9 Å². The summed E-state index contributed by atoms with van der Waals surface area (Å²) in [6, 6.07) is 9.68. The van der Waals surface area contributed by atoms with Crippen molar-refractivity contribution >= 4 is 5.82 Å². The van der Waals surface area contributed by atoms with Gasteiger partial charge in [-0.25, -0.2) is 14.3 Å². The molecular formula is C24H27N7O2. The molecule has 4 heterocycles. The van der Waals surface area contributed by atoms with Crippen LogP contribution in [0, 0.1) is 25.2 Å². The Labute approximate surface area is 192 Å². The summed E-state index contributed by atoms with van der Waals surface area (Å²) in [6.07, 6.45) is 4.16. The minimum absolute atomic E-state index is 0.0385. The number of nitrogens with one attached hydrogen (secondary N) is 1. The van der Waals surface area contributed by atoms with Crippen LogP contribution in [0.4, 0.5) is 5.82 Å². The first-order valence-electron chi connectivity index (χ1n) is 11.4. The molecular weight excluding hydrogens is 418 g/mol. The van der Waals surface area contributed by atoms with Crippen LogP contribution in [0.25, 0.3) is 5.82 Å². The van der Waals surface area contributed by atoms with Gasteiger partial charge in [0, 0.05) is 29.8 Å². The van der Waals surface area contributed by atoms with Crippen LogP contribution in [0.1, 0.15) is 59.9 Å². The molecule has 9 nitrogen and oxygen atoms in total. The van der Waals surface area contributed by atoms with Crippen LogP contribution in [0.5, 0.6) is 0 Å². The molecule has 1 saturated carbocycles. The zero-order valence-electron chi connectivity index (χ0n) is 18.9. The summed E-state index contributed by atoms with van der Waals surface area (Å²) in [4.78, 5) is 17.3. The average molecular weight is 446 g/mol. The molecule has 3 aromatic rings. The van der Waals surface area contributed by atoms with Gasteiger partial charge in [-0.2, -0.15) is 10.4 Å². The minimum Gasteiger partial charge on any atom is -0.376 e. The number of nitriles is 1. The number of hydrogen-bond acceptors (Lipinski definition) is 7.